The summed E-state index contributed by atoms with van der Waals surface area (Å²) in [5, 5.41) is 12.2. The number of aliphatic hydroxyl groups excluding tert-OH is 1. The summed E-state index contributed by atoms with van der Waals surface area (Å²) >= 11 is 0. The third kappa shape index (κ3) is 4.14. The van der Waals surface area contributed by atoms with Crippen LogP contribution in [0.25, 0.3) is 0 Å². The molecule has 0 amide bonds. The van der Waals surface area contributed by atoms with Gasteiger partial charge >= 0.3 is 0 Å². The fraction of sp³-hybridized carbons (Fsp3) is 0.600. The first-order valence-corrected chi connectivity index (χ1v) is 6.78. The van der Waals surface area contributed by atoms with E-state index in [0.717, 1.165) is 18.8 Å². The highest BCUT2D eigenvalue weighted by atomic mass is 16.2. The Morgan fingerprint density at radius 3 is 2.35 bits per heavy atom. The molecule has 1 aliphatic heterocycles. The first kappa shape index (κ1) is 12.6. The molecular formula is C15H23NO. The molecule has 0 bridgehead atoms. The van der Waals surface area contributed by atoms with Crippen molar-refractivity contribution in [2.24, 2.45) is 5.92 Å². The van der Waals surface area contributed by atoms with Crippen LogP contribution in [-0.2, 0) is 12.8 Å². The highest BCUT2D eigenvalue weighted by molar-refractivity contribution is 5.23. The van der Waals surface area contributed by atoms with Crippen molar-refractivity contribution in [2.45, 2.75) is 32.1 Å². The number of aryl methyl sites for hydroxylation is 1. The van der Waals surface area contributed by atoms with Crippen molar-refractivity contribution in [3.05, 3.63) is 35.4 Å². The Labute approximate surface area is 104 Å². The molecule has 17 heavy (non-hydrogen) atoms. The molecule has 1 aromatic carbocycles. The Kier molecular flexibility index (Phi) is 5.02. The van der Waals surface area contributed by atoms with E-state index in [-0.39, 0.29) is 6.61 Å². The zero-order valence-corrected chi connectivity index (χ0v) is 10.5. The third-order valence-electron chi connectivity index (χ3n) is 3.63. The molecule has 2 rings (SSSR count). The lowest BCUT2D eigenvalue weighted by Crippen LogP contribution is -2.28. The van der Waals surface area contributed by atoms with Crippen molar-refractivity contribution in [3.63, 3.8) is 0 Å². The minimum atomic E-state index is 0.289. The van der Waals surface area contributed by atoms with Crippen LogP contribution >= 0.6 is 0 Å². The van der Waals surface area contributed by atoms with Gasteiger partial charge in [0.15, 0.2) is 0 Å². The Morgan fingerprint density at radius 2 is 1.71 bits per heavy atom. The monoisotopic (exact) mass is 233 g/mol. The lowest BCUT2D eigenvalue weighted by Gasteiger charge is -2.22. The van der Waals surface area contributed by atoms with Gasteiger partial charge in [0.1, 0.15) is 0 Å². The lowest BCUT2D eigenvalue weighted by molar-refractivity contribution is 0.288. The molecule has 94 valence electrons. The van der Waals surface area contributed by atoms with Crippen LogP contribution < -0.4 is 5.32 Å². The van der Waals surface area contributed by atoms with Crippen molar-refractivity contribution >= 4 is 0 Å². The summed E-state index contributed by atoms with van der Waals surface area (Å²) in [4.78, 5) is 0. The fourth-order valence-electron chi connectivity index (χ4n) is 2.54. The zero-order chi connectivity index (χ0) is 11.9. The minimum Gasteiger partial charge on any atom is -0.396 e. The number of piperidine rings is 1. The highest BCUT2D eigenvalue weighted by Gasteiger charge is 2.13. The van der Waals surface area contributed by atoms with Crippen molar-refractivity contribution in [3.8, 4) is 0 Å². The van der Waals surface area contributed by atoms with Crippen molar-refractivity contribution in [2.75, 3.05) is 19.7 Å². The van der Waals surface area contributed by atoms with Crippen LogP contribution in [0.5, 0.6) is 0 Å². The van der Waals surface area contributed by atoms with Gasteiger partial charge < -0.3 is 10.4 Å². The Bertz CT molecular complexity index is 314. The molecule has 0 unspecified atom stereocenters. The van der Waals surface area contributed by atoms with E-state index in [2.05, 4.69) is 29.6 Å². The van der Waals surface area contributed by atoms with E-state index in [4.69, 9.17) is 5.11 Å². The molecule has 1 aromatic rings. The van der Waals surface area contributed by atoms with Crippen LogP contribution in [0.4, 0.5) is 0 Å². The second-order valence-electron chi connectivity index (χ2n) is 5.04. The smallest absolute Gasteiger partial charge is 0.0434 e. The number of hydrogen-bond donors (Lipinski definition) is 2. The van der Waals surface area contributed by atoms with E-state index in [1.54, 1.807) is 0 Å². The van der Waals surface area contributed by atoms with Gasteiger partial charge in [0, 0.05) is 6.61 Å². The van der Waals surface area contributed by atoms with Gasteiger partial charge in [-0.25, -0.2) is 0 Å². The second kappa shape index (κ2) is 6.77. The molecule has 0 atom stereocenters. The summed E-state index contributed by atoms with van der Waals surface area (Å²) in [6.45, 7) is 2.65. The van der Waals surface area contributed by atoms with Crippen LogP contribution in [0.15, 0.2) is 24.3 Å². The summed E-state index contributed by atoms with van der Waals surface area (Å²) in [6.07, 6.45) is 5.71. The molecule has 0 aromatic heterocycles. The molecule has 1 fully saturated rings. The van der Waals surface area contributed by atoms with Crippen LogP contribution in [-0.4, -0.2) is 24.8 Å². The molecule has 2 heteroatoms. The zero-order valence-electron chi connectivity index (χ0n) is 10.5. The average molecular weight is 233 g/mol. The van der Waals surface area contributed by atoms with E-state index in [0.29, 0.717) is 0 Å². The van der Waals surface area contributed by atoms with Gasteiger partial charge in [-0.05, 0) is 62.2 Å². The fourth-order valence-corrected chi connectivity index (χ4v) is 2.54. The standard InChI is InChI=1S/C15H23NO/c17-11-1-2-13-3-5-14(6-4-13)12-15-7-9-16-10-8-15/h3-6,15-17H,1-2,7-12H2. The molecule has 0 spiro atoms. The van der Waals surface area contributed by atoms with Gasteiger partial charge in [0.05, 0.1) is 0 Å². The van der Waals surface area contributed by atoms with E-state index in [1.807, 2.05) is 0 Å². The molecular weight excluding hydrogens is 210 g/mol. The predicted molar refractivity (Wildman–Crippen MR) is 71.1 cm³/mol. The van der Waals surface area contributed by atoms with Crippen molar-refractivity contribution in [1.29, 1.82) is 0 Å². The molecule has 2 nitrogen and oxygen atoms in total. The Morgan fingerprint density at radius 1 is 1.06 bits per heavy atom. The van der Waals surface area contributed by atoms with Gasteiger partial charge in [0.2, 0.25) is 0 Å². The summed E-state index contributed by atoms with van der Waals surface area (Å²) < 4.78 is 0. The van der Waals surface area contributed by atoms with E-state index in [9.17, 15) is 0 Å². The largest absolute Gasteiger partial charge is 0.396 e. The maximum absolute atomic E-state index is 8.79. The van der Waals surface area contributed by atoms with Crippen LogP contribution in [0, 0.1) is 5.92 Å². The summed E-state index contributed by atoms with van der Waals surface area (Å²) in [5.74, 6) is 0.861. The molecule has 1 heterocycles. The van der Waals surface area contributed by atoms with Gasteiger partial charge in [-0.3, -0.25) is 0 Å². The summed E-state index contributed by atoms with van der Waals surface area (Å²) in [6, 6.07) is 8.95. The number of benzene rings is 1. The SMILES string of the molecule is OCCCc1ccc(CC2CCNCC2)cc1. The van der Waals surface area contributed by atoms with E-state index >= 15 is 0 Å². The lowest BCUT2D eigenvalue weighted by atomic mass is 9.90. The number of aliphatic hydroxyl groups is 1. The molecule has 1 aliphatic rings. The van der Waals surface area contributed by atoms with E-state index in [1.165, 1.54) is 43.5 Å². The van der Waals surface area contributed by atoms with Crippen molar-refractivity contribution in [1.82, 2.24) is 5.32 Å². The maximum atomic E-state index is 8.79. The topological polar surface area (TPSA) is 32.3 Å². The quantitative estimate of drug-likeness (QED) is 0.817. The Balaban J connectivity index is 1.84. The first-order chi connectivity index (χ1) is 8.38. The number of nitrogens with one attached hydrogen (secondary N) is 1. The van der Waals surface area contributed by atoms with Gasteiger partial charge in [-0.15, -0.1) is 0 Å². The molecule has 2 N–H and O–H groups in total. The van der Waals surface area contributed by atoms with Crippen LogP contribution in [0.2, 0.25) is 0 Å². The maximum Gasteiger partial charge on any atom is 0.0434 e. The van der Waals surface area contributed by atoms with Gasteiger partial charge in [-0.1, -0.05) is 24.3 Å². The predicted octanol–water partition coefficient (Wildman–Crippen LogP) is 2.15. The average Bonchev–Trinajstić information content (AvgIpc) is 2.39. The van der Waals surface area contributed by atoms with E-state index < -0.39 is 0 Å². The normalized spacial score (nSPS) is 17.2. The molecule has 0 radical (unpaired) electrons. The minimum absolute atomic E-state index is 0.289. The van der Waals surface area contributed by atoms with Crippen LogP contribution in [0.1, 0.15) is 30.4 Å². The number of rotatable bonds is 5. The summed E-state index contributed by atoms with van der Waals surface area (Å²) in [5.41, 5.74) is 2.80. The summed E-state index contributed by atoms with van der Waals surface area (Å²) in [7, 11) is 0. The van der Waals surface area contributed by atoms with Gasteiger partial charge in [-0.2, -0.15) is 0 Å². The first-order valence-electron chi connectivity index (χ1n) is 6.78. The van der Waals surface area contributed by atoms with Gasteiger partial charge in [0.25, 0.3) is 0 Å². The third-order valence-corrected chi connectivity index (χ3v) is 3.63. The highest BCUT2D eigenvalue weighted by Crippen LogP contribution is 2.18. The molecule has 0 aliphatic carbocycles. The number of hydrogen-bond acceptors (Lipinski definition) is 2. The van der Waals surface area contributed by atoms with Crippen LogP contribution in [0.3, 0.4) is 0 Å². The second-order valence-corrected chi connectivity index (χ2v) is 5.04. The Hall–Kier alpha value is -0.860. The molecule has 0 saturated carbocycles. The molecule has 1 saturated heterocycles. The van der Waals surface area contributed by atoms with Crippen molar-refractivity contribution < 1.29 is 5.11 Å².